The van der Waals surface area contributed by atoms with E-state index in [0.717, 1.165) is 11.1 Å². The van der Waals surface area contributed by atoms with Gasteiger partial charge >= 0.3 is 0 Å². The maximum Gasteiger partial charge on any atom is 0.262 e. The molecular formula is C22H22FN5O2S. The minimum atomic E-state index is -3.75. The zero-order valence-electron chi connectivity index (χ0n) is 16.9. The topological polar surface area (TPSA) is 91.0 Å². The van der Waals surface area contributed by atoms with Gasteiger partial charge in [-0.05, 0) is 35.4 Å². The van der Waals surface area contributed by atoms with Crippen molar-refractivity contribution in [3.8, 4) is 6.07 Å². The van der Waals surface area contributed by atoms with E-state index in [1.807, 2.05) is 12.1 Å². The van der Waals surface area contributed by atoms with Gasteiger partial charge in [-0.3, -0.25) is 0 Å². The molecule has 31 heavy (non-hydrogen) atoms. The van der Waals surface area contributed by atoms with Gasteiger partial charge in [-0.1, -0.05) is 24.3 Å². The predicted octanol–water partition coefficient (Wildman–Crippen LogP) is 2.38. The molecule has 0 saturated carbocycles. The fraction of sp³-hybridized carbons (Fsp3) is 0.273. The summed E-state index contributed by atoms with van der Waals surface area (Å²) in [5.41, 5.74) is 2.37. The summed E-state index contributed by atoms with van der Waals surface area (Å²) < 4.78 is 42.7. The van der Waals surface area contributed by atoms with Crippen LogP contribution in [0.5, 0.6) is 0 Å². The van der Waals surface area contributed by atoms with Crippen molar-refractivity contribution in [3.63, 3.8) is 0 Å². The molecule has 1 aromatic heterocycles. The molecule has 7 nitrogen and oxygen atoms in total. The Balaban J connectivity index is 1.59. The summed E-state index contributed by atoms with van der Waals surface area (Å²) in [6.45, 7) is 1.01. The van der Waals surface area contributed by atoms with Gasteiger partial charge in [-0.15, -0.1) is 0 Å². The minimum absolute atomic E-state index is 0.00947. The van der Waals surface area contributed by atoms with Gasteiger partial charge in [0.2, 0.25) is 0 Å². The number of hydrogen-bond donors (Lipinski definition) is 1. The number of nitrogens with zero attached hydrogens (tertiary/aromatic N) is 4. The van der Waals surface area contributed by atoms with E-state index in [4.69, 9.17) is 5.26 Å². The first-order valence-electron chi connectivity index (χ1n) is 9.83. The quantitative estimate of drug-likeness (QED) is 0.637. The molecule has 1 aliphatic heterocycles. The van der Waals surface area contributed by atoms with Crippen molar-refractivity contribution in [1.29, 1.82) is 5.26 Å². The molecule has 1 N–H and O–H groups in total. The van der Waals surface area contributed by atoms with Gasteiger partial charge in [0, 0.05) is 44.8 Å². The van der Waals surface area contributed by atoms with Gasteiger partial charge in [-0.2, -0.15) is 9.57 Å². The number of nitrogens with one attached hydrogen (secondary N) is 1. The Morgan fingerprint density at radius 1 is 1.23 bits per heavy atom. The van der Waals surface area contributed by atoms with Crippen LogP contribution in [0.15, 0.2) is 66.1 Å². The van der Waals surface area contributed by atoms with Crippen molar-refractivity contribution in [2.45, 2.75) is 23.5 Å². The van der Waals surface area contributed by atoms with Crippen LogP contribution in [0.3, 0.4) is 0 Å². The van der Waals surface area contributed by atoms with Gasteiger partial charge in [-0.25, -0.2) is 17.8 Å². The molecular weight excluding hydrogens is 417 g/mol. The van der Waals surface area contributed by atoms with E-state index in [0.29, 0.717) is 12.1 Å². The van der Waals surface area contributed by atoms with E-state index in [2.05, 4.69) is 16.4 Å². The lowest BCUT2D eigenvalue weighted by Gasteiger charge is -2.20. The van der Waals surface area contributed by atoms with Gasteiger partial charge in [0.25, 0.3) is 10.0 Å². The van der Waals surface area contributed by atoms with Gasteiger partial charge in [0.15, 0.2) is 5.03 Å². The SMILES string of the molecule is Cn1cnc(S(=O)(=O)N2CC(NCc3cccc(C#N)c3)C(c3ccc(F)cc3)C2)c1. The third-order valence-corrected chi connectivity index (χ3v) is 7.21. The zero-order chi connectivity index (χ0) is 22.0. The summed E-state index contributed by atoms with van der Waals surface area (Å²) >= 11 is 0. The van der Waals surface area contributed by atoms with Crippen LogP contribution in [-0.2, 0) is 23.6 Å². The number of aromatic nitrogens is 2. The fourth-order valence-corrected chi connectivity index (χ4v) is 5.33. The number of sulfonamides is 1. The standard InChI is InChI=1S/C22H22FN5O2S/c1-27-14-22(26-15-27)31(29,30)28-12-20(18-5-7-19(23)8-6-18)21(13-28)25-11-17-4-2-3-16(9-17)10-24/h2-9,14-15,20-21,25H,11-13H2,1H3. The second-order valence-electron chi connectivity index (χ2n) is 7.66. The number of rotatable bonds is 6. The van der Waals surface area contributed by atoms with E-state index in [-0.39, 0.29) is 35.9 Å². The highest BCUT2D eigenvalue weighted by atomic mass is 32.2. The number of imidazole rings is 1. The molecule has 0 bridgehead atoms. The van der Waals surface area contributed by atoms with Crippen LogP contribution < -0.4 is 5.32 Å². The number of nitriles is 1. The minimum Gasteiger partial charge on any atom is -0.339 e. The molecule has 2 aromatic carbocycles. The Morgan fingerprint density at radius 2 is 2.00 bits per heavy atom. The monoisotopic (exact) mass is 439 g/mol. The number of benzene rings is 2. The highest BCUT2D eigenvalue weighted by Crippen LogP contribution is 2.31. The van der Waals surface area contributed by atoms with E-state index in [1.165, 1.54) is 29.0 Å². The first-order valence-corrected chi connectivity index (χ1v) is 11.3. The molecule has 160 valence electrons. The molecule has 9 heteroatoms. The summed E-state index contributed by atoms with van der Waals surface area (Å²) in [5.74, 6) is -0.490. The van der Waals surface area contributed by atoms with Crippen LogP contribution >= 0.6 is 0 Å². The van der Waals surface area contributed by atoms with Crippen LogP contribution in [0, 0.1) is 17.1 Å². The first kappa shape index (κ1) is 21.2. The molecule has 0 amide bonds. The molecule has 2 unspecified atom stereocenters. The Morgan fingerprint density at radius 3 is 2.68 bits per heavy atom. The molecule has 3 aromatic rings. The third kappa shape index (κ3) is 4.51. The second kappa shape index (κ2) is 8.59. The van der Waals surface area contributed by atoms with Crippen molar-refractivity contribution in [3.05, 3.63) is 83.6 Å². The lowest BCUT2D eigenvalue weighted by Crippen LogP contribution is -2.36. The summed E-state index contributed by atoms with van der Waals surface area (Å²) in [4.78, 5) is 4.01. The first-order chi connectivity index (χ1) is 14.9. The maximum absolute atomic E-state index is 13.4. The van der Waals surface area contributed by atoms with Crippen molar-refractivity contribution >= 4 is 10.0 Å². The Kier molecular flexibility index (Phi) is 5.87. The third-order valence-electron chi connectivity index (χ3n) is 5.49. The van der Waals surface area contributed by atoms with Crippen LogP contribution in [0.2, 0.25) is 0 Å². The van der Waals surface area contributed by atoms with Gasteiger partial charge < -0.3 is 9.88 Å². The van der Waals surface area contributed by atoms with E-state index < -0.39 is 10.0 Å². The van der Waals surface area contributed by atoms with Crippen LogP contribution in [0.25, 0.3) is 0 Å². The van der Waals surface area contributed by atoms with Crippen molar-refractivity contribution < 1.29 is 12.8 Å². The Bertz CT molecular complexity index is 1220. The summed E-state index contributed by atoms with van der Waals surface area (Å²) in [5, 5.41) is 12.6. The van der Waals surface area contributed by atoms with E-state index >= 15 is 0 Å². The lowest BCUT2D eigenvalue weighted by atomic mass is 9.94. The normalized spacial score (nSPS) is 19.4. The molecule has 1 saturated heterocycles. The van der Waals surface area contributed by atoms with Gasteiger partial charge in [0.1, 0.15) is 5.82 Å². The average Bonchev–Trinajstić information content (AvgIpc) is 3.40. The number of aryl methyl sites for hydroxylation is 1. The van der Waals surface area contributed by atoms with Crippen LogP contribution in [0.1, 0.15) is 22.6 Å². The Labute approximate surface area is 180 Å². The molecule has 0 aliphatic carbocycles. The predicted molar refractivity (Wildman–Crippen MR) is 113 cm³/mol. The largest absolute Gasteiger partial charge is 0.339 e. The van der Waals surface area contributed by atoms with Gasteiger partial charge in [0.05, 0.1) is 18.0 Å². The smallest absolute Gasteiger partial charge is 0.262 e. The highest BCUT2D eigenvalue weighted by Gasteiger charge is 2.40. The lowest BCUT2D eigenvalue weighted by molar-refractivity contribution is 0.454. The number of hydrogen-bond acceptors (Lipinski definition) is 5. The van der Waals surface area contributed by atoms with E-state index in [9.17, 15) is 12.8 Å². The summed E-state index contributed by atoms with van der Waals surface area (Å²) in [6, 6.07) is 15.4. The Hall–Kier alpha value is -3.06. The molecule has 0 spiro atoms. The second-order valence-corrected chi connectivity index (χ2v) is 9.54. The fourth-order valence-electron chi connectivity index (χ4n) is 3.87. The maximum atomic E-state index is 13.4. The van der Waals surface area contributed by atoms with Crippen molar-refractivity contribution in [2.24, 2.45) is 7.05 Å². The van der Waals surface area contributed by atoms with Crippen LogP contribution in [-0.4, -0.2) is 41.4 Å². The highest BCUT2D eigenvalue weighted by molar-refractivity contribution is 7.89. The van der Waals surface area contributed by atoms with Crippen molar-refractivity contribution in [1.82, 2.24) is 19.2 Å². The average molecular weight is 440 g/mol. The van der Waals surface area contributed by atoms with Crippen molar-refractivity contribution in [2.75, 3.05) is 13.1 Å². The molecule has 4 rings (SSSR count). The summed E-state index contributed by atoms with van der Waals surface area (Å²) in [7, 11) is -2.03. The molecule has 1 aliphatic rings. The van der Waals surface area contributed by atoms with Crippen LogP contribution in [0.4, 0.5) is 4.39 Å². The zero-order valence-corrected chi connectivity index (χ0v) is 17.8. The molecule has 2 atom stereocenters. The molecule has 1 fully saturated rings. The summed E-state index contributed by atoms with van der Waals surface area (Å²) in [6.07, 6.45) is 2.94. The number of halogens is 1. The van der Waals surface area contributed by atoms with E-state index in [1.54, 1.807) is 35.9 Å². The molecule has 0 radical (unpaired) electrons. The molecule has 2 heterocycles.